The zero-order valence-corrected chi connectivity index (χ0v) is 20.1. The van der Waals surface area contributed by atoms with Gasteiger partial charge in [0.25, 0.3) is 5.91 Å². The van der Waals surface area contributed by atoms with Crippen LogP contribution < -0.4 is 5.32 Å². The zero-order valence-electron chi connectivity index (χ0n) is 19.3. The maximum Gasteiger partial charge on any atom is 0.254 e. The third-order valence-electron chi connectivity index (χ3n) is 6.19. The lowest BCUT2D eigenvalue weighted by molar-refractivity contribution is -0.119. The Kier molecular flexibility index (Phi) is 6.70. The van der Waals surface area contributed by atoms with Gasteiger partial charge in [-0.3, -0.25) is 14.6 Å². The summed E-state index contributed by atoms with van der Waals surface area (Å²) in [5.74, 6) is -0.845. The molecule has 0 radical (unpaired) electrons. The van der Waals surface area contributed by atoms with Gasteiger partial charge in [0.2, 0.25) is 5.91 Å². The topological polar surface area (TPSA) is 71.5 Å². The molecule has 176 valence electrons. The van der Waals surface area contributed by atoms with E-state index in [9.17, 15) is 9.59 Å². The van der Waals surface area contributed by atoms with Gasteiger partial charge in [-0.25, -0.2) is 0 Å². The van der Waals surface area contributed by atoms with Crippen molar-refractivity contribution in [1.29, 1.82) is 0 Å². The number of hydrogen-bond acceptors (Lipinski definition) is 5. The molecule has 35 heavy (non-hydrogen) atoms. The maximum absolute atomic E-state index is 13.8. The number of anilines is 1. The summed E-state index contributed by atoms with van der Waals surface area (Å²) in [7, 11) is 1.61. The average Bonchev–Trinajstić information content (AvgIpc) is 3.43. The minimum Gasteiger partial charge on any atom is -0.383 e. The van der Waals surface area contributed by atoms with E-state index in [2.05, 4.69) is 10.3 Å². The van der Waals surface area contributed by atoms with Crippen LogP contribution in [-0.2, 0) is 9.53 Å². The highest BCUT2D eigenvalue weighted by Gasteiger charge is 2.44. The van der Waals surface area contributed by atoms with Crippen molar-refractivity contribution in [3.05, 3.63) is 106 Å². The summed E-state index contributed by atoms with van der Waals surface area (Å²) in [6, 6.07) is 24.5. The molecule has 1 aliphatic rings. The predicted molar refractivity (Wildman–Crippen MR) is 137 cm³/mol. The van der Waals surface area contributed by atoms with E-state index < -0.39 is 12.0 Å². The van der Waals surface area contributed by atoms with Gasteiger partial charge in [0.1, 0.15) is 0 Å². The van der Waals surface area contributed by atoms with Crippen LogP contribution in [0.15, 0.2) is 90.4 Å². The SMILES string of the molecule is COCCN1C(=O)c2ccccc2C(C(=O)Nc2ccc(-c3ccccc3)nc2)C1c1cccs1. The quantitative estimate of drug-likeness (QED) is 0.383. The minimum absolute atomic E-state index is 0.0889. The normalized spacial score (nSPS) is 17.2. The number of carbonyl (C=O) groups is 2. The van der Waals surface area contributed by atoms with Gasteiger partial charge in [-0.15, -0.1) is 11.3 Å². The number of fused-ring (bicyclic) bond motifs is 1. The Morgan fingerprint density at radius 2 is 1.83 bits per heavy atom. The Balaban J connectivity index is 1.49. The predicted octanol–water partition coefficient (Wildman–Crippen LogP) is 5.38. The van der Waals surface area contributed by atoms with Crippen LogP contribution in [0.1, 0.15) is 32.8 Å². The van der Waals surface area contributed by atoms with E-state index in [4.69, 9.17) is 4.74 Å². The van der Waals surface area contributed by atoms with E-state index >= 15 is 0 Å². The number of amides is 2. The molecule has 2 amide bonds. The number of carbonyl (C=O) groups excluding carboxylic acids is 2. The van der Waals surface area contributed by atoms with E-state index in [1.807, 2.05) is 78.2 Å². The first-order valence-electron chi connectivity index (χ1n) is 11.4. The number of methoxy groups -OCH3 is 1. The van der Waals surface area contributed by atoms with Crippen molar-refractivity contribution in [2.75, 3.05) is 25.6 Å². The summed E-state index contributed by atoms with van der Waals surface area (Å²) < 4.78 is 5.29. The molecule has 0 bridgehead atoms. The molecule has 2 aromatic carbocycles. The number of rotatable bonds is 7. The molecule has 0 saturated carbocycles. The number of nitrogens with one attached hydrogen (secondary N) is 1. The van der Waals surface area contributed by atoms with Crippen molar-refractivity contribution in [2.24, 2.45) is 0 Å². The van der Waals surface area contributed by atoms with Crippen LogP contribution >= 0.6 is 11.3 Å². The number of benzene rings is 2. The first-order valence-corrected chi connectivity index (χ1v) is 12.3. The first kappa shape index (κ1) is 23.0. The summed E-state index contributed by atoms with van der Waals surface area (Å²) >= 11 is 1.54. The molecule has 1 aliphatic heterocycles. The second kappa shape index (κ2) is 10.2. The molecule has 6 nitrogen and oxygen atoms in total. The fourth-order valence-electron chi connectivity index (χ4n) is 4.55. The number of hydrogen-bond donors (Lipinski definition) is 1. The molecule has 3 heterocycles. The Labute approximate surface area is 208 Å². The molecule has 5 rings (SSSR count). The second-order valence-electron chi connectivity index (χ2n) is 8.30. The van der Waals surface area contributed by atoms with Crippen LogP contribution in [0.3, 0.4) is 0 Å². The molecule has 2 unspecified atom stereocenters. The van der Waals surface area contributed by atoms with Gasteiger partial charge in [-0.2, -0.15) is 0 Å². The molecular formula is C28H25N3O3S. The monoisotopic (exact) mass is 483 g/mol. The fraction of sp³-hybridized carbons (Fsp3) is 0.179. The molecular weight excluding hydrogens is 458 g/mol. The van der Waals surface area contributed by atoms with Gasteiger partial charge in [0.05, 0.1) is 36.1 Å². The van der Waals surface area contributed by atoms with Crippen LogP contribution in [-0.4, -0.2) is 42.0 Å². The molecule has 0 saturated heterocycles. The van der Waals surface area contributed by atoms with Gasteiger partial charge in [-0.1, -0.05) is 54.6 Å². The average molecular weight is 484 g/mol. The molecule has 2 aromatic heterocycles. The fourth-order valence-corrected chi connectivity index (χ4v) is 5.43. The maximum atomic E-state index is 13.8. The Bertz CT molecular complexity index is 1310. The lowest BCUT2D eigenvalue weighted by atomic mass is 9.81. The molecule has 0 fully saturated rings. The Hall–Kier alpha value is -3.81. The van der Waals surface area contributed by atoms with Crippen LogP contribution in [0.4, 0.5) is 5.69 Å². The van der Waals surface area contributed by atoms with E-state index in [1.165, 1.54) is 0 Å². The summed E-state index contributed by atoms with van der Waals surface area (Å²) in [5, 5.41) is 5.02. The largest absolute Gasteiger partial charge is 0.383 e. The van der Waals surface area contributed by atoms with Gasteiger partial charge in [0, 0.05) is 29.7 Å². The van der Waals surface area contributed by atoms with Crippen LogP contribution in [0.2, 0.25) is 0 Å². The highest BCUT2D eigenvalue weighted by molar-refractivity contribution is 7.10. The zero-order chi connectivity index (χ0) is 24.2. The number of nitrogens with zero attached hydrogens (tertiary/aromatic N) is 2. The standard InChI is InChI=1S/C28H25N3O3S/c1-34-16-15-31-26(24-12-7-17-35-24)25(21-10-5-6-11-22(21)28(31)33)27(32)30-20-13-14-23(29-18-20)19-8-3-2-4-9-19/h2-14,17-18,25-26H,15-16H2,1H3,(H,30,32). The van der Waals surface area contributed by atoms with E-state index in [-0.39, 0.29) is 11.8 Å². The van der Waals surface area contributed by atoms with Crippen molar-refractivity contribution < 1.29 is 14.3 Å². The van der Waals surface area contributed by atoms with Gasteiger partial charge >= 0.3 is 0 Å². The smallest absolute Gasteiger partial charge is 0.254 e. The van der Waals surface area contributed by atoms with Gasteiger partial charge in [0.15, 0.2) is 0 Å². The first-order chi connectivity index (χ1) is 17.2. The van der Waals surface area contributed by atoms with E-state index in [0.717, 1.165) is 21.7 Å². The minimum atomic E-state index is -0.576. The molecule has 0 aliphatic carbocycles. The van der Waals surface area contributed by atoms with Crippen LogP contribution in [0, 0.1) is 0 Å². The third-order valence-corrected chi connectivity index (χ3v) is 7.14. The summed E-state index contributed by atoms with van der Waals surface area (Å²) in [6.07, 6.45) is 1.67. The lowest BCUT2D eigenvalue weighted by Gasteiger charge is -2.41. The Morgan fingerprint density at radius 3 is 2.54 bits per heavy atom. The van der Waals surface area contributed by atoms with Crippen molar-refractivity contribution in [1.82, 2.24) is 9.88 Å². The summed E-state index contributed by atoms with van der Waals surface area (Å²) in [4.78, 5) is 34.5. The molecule has 7 heteroatoms. The second-order valence-corrected chi connectivity index (χ2v) is 9.28. The van der Waals surface area contributed by atoms with E-state index in [0.29, 0.717) is 24.4 Å². The van der Waals surface area contributed by atoms with Crippen LogP contribution in [0.5, 0.6) is 0 Å². The van der Waals surface area contributed by atoms with Crippen molar-refractivity contribution in [2.45, 2.75) is 12.0 Å². The molecule has 4 aromatic rings. The highest BCUT2D eigenvalue weighted by atomic mass is 32.1. The van der Waals surface area contributed by atoms with E-state index in [1.54, 1.807) is 35.6 Å². The summed E-state index contributed by atoms with van der Waals surface area (Å²) in [5.41, 5.74) is 3.73. The van der Waals surface area contributed by atoms with Crippen molar-refractivity contribution in [3.63, 3.8) is 0 Å². The molecule has 1 N–H and O–H groups in total. The Morgan fingerprint density at radius 1 is 1.03 bits per heavy atom. The van der Waals surface area contributed by atoms with Crippen molar-refractivity contribution in [3.8, 4) is 11.3 Å². The van der Waals surface area contributed by atoms with Crippen LogP contribution in [0.25, 0.3) is 11.3 Å². The van der Waals surface area contributed by atoms with Gasteiger partial charge < -0.3 is 15.0 Å². The lowest BCUT2D eigenvalue weighted by Crippen LogP contribution is -2.47. The summed E-state index contributed by atoms with van der Waals surface area (Å²) in [6.45, 7) is 0.776. The third kappa shape index (κ3) is 4.60. The molecule has 2 atom stereocenters. The number of aromatic nitrogens is 1. The number of ether oxygens (including phenoxy) is 1. The van der Waals surface area contributed by atoms with Gasteiger partial charge in [-0.05, 0) is 35.2 Å². The van der Waals surface area contributed by atoms with Crippen molar-refractivity contribution >= 4 is 28.8 Å². The number of pyridine rings is 1. The highest BCUT2D eigenvalue weighted by Crippen LogP contribution is 2.44. The molecule has 0 spiro atoms. The number of thiophene rings is 1.